The lowest BCUT2D eigenvalue weighted by molar-refractivity contribution is 0.0843. The highest BCUT2D eigenvalue weighted by Crippen LogP contribution is 2.29. The first-order valence-electron chi connectivity index (χ1n) is 10.6. The normalized spacial score (nSPS) is 12.2. The summed E-state index contributed by atoms with van der Waals surface area (Å²) in [5.74, 6) is 0.0860. The third kappa shape index (κ3) is 4.16. The van der Waals surface area contributed by atoms with Crippen LogP contribution >= 0.6 is 0 Å². The van der Waals surface area contributed by atoms with Crippen LogP contribution in [0.5, 0.6) is 11.5 Å². The number of hydrazine groups is 1. The van der Waals surface area contributed by atoms with Crippen LogP contribution in [-0.4, -0.2) is 35.3 Å². The number of methoxy groups -OCH3 is 1. The van der Waals surface area contributed by atoms with Gasteiger partial charge in [0.05, 0.1) is 19.4 Å². The quantitative estimate of drug-likeness (QED) is 0.581. The van der Waals surface area contributed by atoms with Crippen LogP contribution in [0.2, 0.25) is 0 Å². The van der Waals surface area contributed by atoms with Crippen LogP contribution in [0.15, 0.2) is 42.5 Å². The zero-order chi connectivity index (χ0) is 22.7. The van der Waals surface area contributed by atoms with E-state index in [0.29, 0.717) is 29.4 Å². The Hall–Kier alpha value is -3.81. The molecule has 1 heterocycles. The molecule has 0 unspecified atom stereocenters. The maximum Gasteiger partial charge on any atom is 0.290 e. The number of amides is 2. The van der Waals surface area contributed by atoms with Crippen LogP contribution in [0.1, 0.15) is 51.0 Å². The molecule has 1 aliphatic rings. The number of ether oxygens (including phenoxy) is 2. The number of carbonyl (C=O) groups is 2. The minimum Gasteiger partial charge on any atom is -0.493 e. The molecule has 0 aliphatic heterocycles. The van der Waals surface area contributed by atoms with Crippen molar-refractivity contribution < 1.29 is 19.1 Å². The van der Waals surface area contributed by atoms with Crippen molar-refractivity contribution in [3.63, 3.8) is 0 Å². The van der Waals surface area contributed by atoms with E-state index in [1.165, 1.54) is 7.11 Å². The summed E-state index contributed by atoms with van der Waals surface area (Å²) in [4.78, 5) is 25.4. The van der Waals surface area contributed by atoms with Crippen molar-refractivity contribution in [1.82, 2.24) is 20.6 Å². The lowest BCUT2D eigenvalue weighted by atomic mass is 10.2. The van der Waals surface area contributed by atoms with Gasteiger partial charge in [0.15, 0.2) is 17.2 Å². The number of hydrogen-bond donors (Lipinski definition) is 2. The molecule has 0 radical (unpaired) electrons. The number of hydrogen-bond acceptors (Lipinski definition) is 5. The summed E-state index contributed by atoms with van der Waals surface area (Å²) >= 11 is 0. The molecule has 2 N–H and O–H groups in total. The molecule has 0 fully saturated rings. The zero-order valence-electron chi connectivity index (χ0n) is 18.4. The molecule has 166 valence electrons. The fourth-order valence-electron chi connectivity index (χ4n) is 3.85. The molecule has 0 spiro atoms. The van der Waals surface area contributed by atoms with Crippen molar-refractivity contribution in [2.45, 2.75) is 33.1 Å². The minimum absolute atomic E-state index is 0.334. The van der Waals surface area contributed by atoms with E-state index in [-0.39, 0.29) is 0 Å². The first-order chi connectivity index (χ1) is 15.5. The maximum absolute atomic E-state index is 12.9. The van der Waals surface area contributed by atoms with Gasteiger partial charge in [-0.15, -0.1) is 0 Å². The Morgan fingerprint density at radius 3 is 2.50 bits per heavy atom. The van der Waals surface area contributed by atoms with Crippen LogP contribution in [0, 0.1) is 6.92 Å². The number of nitrogens with zero attached hydrogens (tertiary/aromatic N) is 2. The second kappa shape index (κ2) is 9.13. The van der Waals surface area contributed by atoms with Crippen LogP contribution in [0.3, 0.4) is 0 Å². The third-order valence-electron chi connectivity index (χ3n) is 5.44. The van der Waals surface area contributed by atoms with E-state index in [2.05, 4.69) is 16.0 Å². The molecular formula is C24H26N4O4. The highest BCUT2D eigenvalue weighted by Gasteiger charge is 2.27. The predicted molar refractivity (Wildman–Crippen MR) is 119 cm³/mol. The number of aryl methyl sites for hydroxylation is 1. The third-order valence-corrected chi connectivity index (χ3v) is 5.44. The Kier molecular flexibility index (Phi) is 6.11. The molecule has 1 aliphatic carbocycles. The average Bonchev–Trinajstić information content (AvgIpc) is 3.41. The summed E-state index contributed by atoms with van der Waals surface area (Å²) in [5.41, 5.74) is 9.67. The smallest absolute Gasteiger partial charge is 0.290 e. The molecule has 8 nitrogen and oxygen atoms in total. The summed E-state index contributed by atoms with van der Waals surface area (Å²) in [6.45, 7) is 4.38. The van der Waals surface area contributed by atoms with Gasteiger partial charge < -0.3 is 9.47 Å². The number of carbonyl (C=O) groups excluding carboxylic acids is 2. The van der Waals surface area contributed by atoms with Gasteiger partial charge in [0.2, 0.25) is 0 Å². The fourth-order valence-corrected chi connectivity index (χ4v) is 3.85. The monoisotopic (exact) mass is 434 g/mol. The van der Waals surface area contributed by atoms with E-state index < -0.39 is 11.8 Å². The molecule has 3 aromatic rings. The van der Waals surface area contributed by atoms with Gasteiger partial charge in [-0.3, -0.25) is 20.4 Å². The molecule has 2 amide bonds. The lowest BCUT2D eigenvalue weighted by Gasteiger charge is -2.11. The van der Waals surface area contributed by atoms with Gasteiger partial charge >= 0.3 is 0 Å². The SMILES string of the molecule is CCOc1ccc(C(=O)NNC(=O)c2nn(-c3ccc(C)cc3)c3c2CCC3)cc1OC. The predicted octanol–water partition coefficient (Wildman–Crippen LogP) is 3.15. The van der Waals surface area contributed by atoms with Gasteiger partial charge in [-0.1, -0.05) is 17.7 Å². The van der Waals surface area contributed by atoms with Crippen molar-refractivity contribution in [2.24, 2.45) is 0 Å². The fraction of sp³-hybridized carbons (Fsp3) is 0.292. The van der Waals surface area contributed by atoms with Gasteiger partial charge in [0.25, 0.3) is 11.8 Å². The van der Waals surface area contributed by atoms with E-state index in [9.17, 15) is 9.59 Å². The Morgan fingerprint density at radius 1 is 1.03 bits per heavy atom. The molecule has 1 aromatic heterocycles. The number of fused-ring (bicyclic) bond motifs is 1. The van der Waals surface area contributed by atoms with Crippen LogP contribution in [-0.2, 0) is 12.8 Å². The molecule has 32 heavy (non-hydrogen) atoms. The first-order valence-corrected chi connectivity index (χ1v) is 10.6. The summed E-state index contributed by atoms with van der Waals surface area (Å²) in [5, 5.41) is 4.56. The van der Waals surface area contributed by atoms with Gasteiger partial charge in [0, 0.05) is 16.8 Å². The summed E-state index contributed by atoms with van der Waals surface area (Å²) in [6.07, 6.45) is 2.62. The van der Waals surface area contributed by atoms with Crippen LogP contribution in [0.25, 0.3) is 5.69 Å². The van der Waals surface area contributed by atoms with Gasteiger partial charge in [-0.05, 0) is 63.4 Å². The highest BCUT2D eigenvalue weighted by molar-refractivity contribution is 5.99. The van der Waals surface area contributed by atoms with Crippen molar-refractivity contribution in [3.05, 3.63) is 70.5 Å². The Labute approximate surface area is 186 Å². The summed E-state index contributed by atoms with van der Waals surface area (Å²) in [6, 6.07) is 12.9. The van der Waals surface area contributed by atoms with E-state index in [1.807, 2.05) is 42.8 Å². The van der Waals surface area contributed by atoms with Crippen molar-refractivity contribution >= 4 is 11.8 Å². The molecule has 0 saturated heterocycles. The number of aromatic nitrogens is 2. The zero-order valence-corrected chi connectivity index (χ0v) is 18.4. The van der Waals surface area contributed by atoms with Gasteiger partial charge in [-0.2, -0.15) is 5.10 Å². The topological polar surface area (TPSA) is 94.5 Å². The van der Waals surface area contributed by atoms with Gasteiger partial charge in [0.1, 0.15) is 0 Å². The summed E-state index contributed by atoms with van der Waals surface area (Å²) < 4.78 is 12.6. The number of benzene rings is 2. The largest absolute Gasteiger partial charge is 0.493 e. The summed E-state index contributed by atoms with van der Waals surface area (Å²) in [7, 11) is 1.51. The Bertz CT molecular complexity index is 1150. The van der Waals surface area contributed by atoms with Crippen LogP contribution in [0.4, 0.5) is 0 Å². The van der Waals surface area contributed by atoms with E-state index in [4.69, 9.17) is 9.47 Å². The molecule has 2 aromatic carbocycles. The number of nitrogens with one attached hydrogen (secondary N) is 2. The molecule has 4 rings (SSSR count). The lowest BCUT2D eigenvalue weighted by Crippen LogP contribution is -2.42. The van der Waals surface area contributed by atoms with E-state index >= 15 is 0 Å². The van der Waals surface area contributed by atoms with E-state index in [0.717, 1.165) is 41.8 Å². The standard InChI is InChI=1S/C24H26N4O4/c1-4-32-20-13-10-16(14-21(20)31-3)23(29)25-26-24(30)22-18-6-5-7-19(18)28(27-22)17-11-8-15(2)9-12-17/h8-14H,4-7H2,1-3H3,(H,25,29)(H,26,30). The molecule has 0 bridgehead atoms. The molecule has 8 heteroatoms. The van der Waals surface area contributed by atoms with E-state index in [1.54, 1.807) is 18.2 Å². The van der Waals surface area contributed by atoms with Crippen molar-refractivity contribution in [2.75, 3.05) is 13.7 Å². The minimum atomic E-state index is -0.464. The van der Waals surface area contributed by atoms with Gasteiger partial charge in [-0.25, -0.2) is 4.68 Å². The second-order valence-corrected chi connectivity index (χ2v) is 7.58. The molecule has 0 atom stereocenters. The highest BCUT2D eigenvalue weighted by atomic mass is 16.5. The van der Waals surface area contributed by atoms with Crippen LogP contribution < -0.4 is 20.3 Å². The molecular weight excluding hydrogens is 408 g/mol. The van der Waals surface area contributed by atoms with Crippen molar-refractivity contribution in [1.29, 1.82) is 0 Å². The van der Waals surface area contributed by atoms with Crippen molar-refractivity contribution in [3.8, 4) is 17.2 Å². The Morgan fingerprint density at radius 2 is 1.78 bits per heavy atom. The maximum atomic E-state index is 12.9. The average molecular weight is 434 g/mol. The second-order valence-electron chi connectivity index (χ2n) is 7.58. The first kappa shape index (κ1) is 21.4. The Balaban J connectivity index is 1.50. The molecule has 0 saturated carbocycles. The number of rotatable bonds is 6.